The average Bonchev–Trinajstić information content (AvgIpc) is 3.20. The topological polar surface area (TPSA) is 73.8 Å². The molecule has 0 saturated carbocycles. The van der Waals surface area contributed by atoms with E-state index in [1.54, 1.807) is 37.6 Å². The minimum Gasteiger partial charge on any atom is -0.356 e. The predicted octanol–water partition coefficient (Wildman–Crippen LogP) is 3.94. The van der Waals surface area contributed by atoms with Gasteiger partial charge < -0.3 is 10.6 Å². The average molecular weight is 565 g/mol. The van der Waals surface area contributed by atoms with Crippen LogP contribution in [0.4, 0.5) is 0 Å². The van der Waals surface area contributed by atoms with Crippen LogP contribution >= 0.6 is 35.3 Å². The fraction of sp³-hybridized carbons (Fsp3) is 0.476. The summed E-state index contributed by atoms with van der Waals surface area (Å²) < 4.78 is 26.5. The first-order valence-corrected chi connectivity index (χ1v) is 12.1. The van der Waals surface area contributed by atoms with Crippen LogP contribution in [0, 0.1) is 5.92 Å². The first-order chi connectivity index (χ1) is 13.7. The summed E-state index contributed by atoms with van der Waals surface area (Å²) >= 11 is 1.79. The number of sulfonamides is 1. The fourth-order valence-corrected chi connectivity index (χ4v) is 4.98. The summed E-state index contributed by atoms with van der Waals surface area (Å²) in [5, 5.41) is 8.74. The molecule has 0 fully saturated rings. The molecule has 2 aromatic rings. The highest BCUT2D eigenvalue weighted by Crippen LogP contribution is 2.17. The number of guanidine groups is 1. The van der Waals surface area contributed by atoms with Crippen LogP contribution in [0.5, 0.6) is 0 Å². The van der Waals surface area contributed by atoms with Gasteiger partial charge in [0.1, 0.15) is 0 Å². The Hall–Kier alpha value is -1.17. The Labute approximate surface area is 202 Å². The highest BCUT2D eigenvalue weighted by molar-refractivity contribution is 14.0. The SMILES string of the molecule is CN=C(NCc1ccc(S(=O)(=O)N(C)C(C)C)cc1)NCC(C)Cc1cccs1.I. The number of benzene rings is 1. The molecule has 1 atom stereocenters. The molecule has 0 amide bonds. The Balaban J connectivity index is 0.00000450. The van der Waals surface area contributed by atoms with Crippen molar-refractivity contribution >= 4 is 51.3 Å². The zero-order valence-electron chi connectivity index (χ0n) is 18.3. The van der Waals surface area contributed by atoms with Crippen molar-refractivity contribution in [2.75, 3.05) is 20.6 Å². The van der Waals surface area contributed by atoms with Crippen molar-refractivity contribution in [1.29, 1.82) is 0 Å². The molecule has 0 aliphatic rings. The largest absolute Gasteiger partial charge is 0.356 e. The molecule has 1 unspecified atom stereocenters. The quantitative estimate of drug-likeness (QED) is 0.275. The summed E-state index contributed by atoms with van der Waals surface area (Å²) in [6.07, 6.45) is 1.04. The number of nitrogens with one attached hydrogen (secondary N) is 2. The van der Waals surface area contributed by atoms with E-state index in [0.717, 1.165) is 24.5 Å². The zero-order chi connectivity index (χ0) is 21.4. The number of aliphatic imine (C=N–C) groups is 1. The summed E-state index contributed by atoms with van der Waals surface area (Å²) in [7, 11) is -0.105. The summed E-state index contributed by atoms with van der Waals surface area (Å²) in [4.78, 5) is 5.96. The Morgan fingerprint density at radius 1 is 1.13 bits per heavy atom. The van der Waals surface area contributed by atoms with Crippen molar-refractivity contribution in [2.45, 2.75) is 44.7 Å². The van der Waals surface area contributed by atoms with E-state index in [0.29, 0.717) is 17.4 Å². The summed E-state index contributed by atoms with van der Waals surface area (Å²) in [5.74, 6) is 1.23. The first kappa shape index (κ1) is 26.9. The normalized spacial score (nSPS) is 13.2. The lowest BCUT2D eigenvalue weighted by molar-refractivity contribution is 0.410. The molecule has 0 spiro atoms. The second-order valence-corrected chi connectivity index (χ2v) is 10.5. The van der Waals surface area contributed by atoms with Gasteiger partial charge in [0, 0.05) is 38.1 Å². The Kier molecular flexibility index (Phi) is 11.3. The standard InChI is InChI=1S/C21H32N4O2S2.HI/c1-16(2)25(5)29(26,27)20-10-8-18(9-11-20)15-24-21(22-4)23-14-17(3)13-19-7-6-12-28-19;/h6-12,16-17H,13-15H2,1-5H3,(H2,22,23,24);1H. The van der Waals surface area contributed by atoms with Crippen LogP contribution < -0.4 is 10.6 Å². The van der Waals surface area contributed by atoms with Crippen molar-refractivity contribution in [3.8, 4) is 0 Å². The molecule has 2 N–H and O–H groups in total. The van der Waals surface area contributed by atoms with Crippen LogP contribution in [-0.2, 0) is 23.0 Å². The third-order valence-corrected chi connectivity index (χ3v) is 7.71. The molecule has 6 nitrogen and oxygen atoms in total. The lowest BCUT2D eigenvalue weighted by Gasteiger charge is -2.21. The maximum Gasteiger partial charge on any atom is 0.243 e. The Morgan fingerprint density at radius 2 is 1.80 bits per heavy atom. The number of thiophene rings is 1. The van der Waals surface area contributed by atoms with E-state index < -0.39 is 10.0 Å². The lowest BCUT2D eigenvalue weighted by atomic mass is 10.1. The molecule has 0 bridgehead atoms. The maximum absolute atomic E-state index is 12.5. The van der Waals surface area contributed by atoms with Crippen molar-refractivity contribution in [1.82, 2.24) is 14.9 Å². The van der Waals surface area contributed by atoms with Gasteiger partial charge in [-0.25, -0.2) is 8.42 Å². The zero-order valence-corrected chi connectivity index (χ0v) is 22.2. The molecule has 1 aromatic carbocycles. The second kappa shape index (κ2) is 12.6. The summed E-state index contributed by atoms with van der Waals surface area (Å²) in [6, 6.07) is 11.1. The van der Waals surface area contributed by atoms with Gasteiger partial charge >= 0.3 is 0 Å². The van der Waals surface area contributed by atoms with Crippen molar-refractivity contribution in [3.05, 3.63) is 52.2 Å². The van der Waals surface area contributed by atoms with E-state index in [1.165, 1.54) is 9.18 Å². The molecule has 168 valence electrons. The van der Waals surface area contributed by atoms with Crippen molar-refractivity contribution in [3.63, 3.8) is 0 Å². The van der Waals surface area contributed by atoms with Crippen LogP contribution in [0.3, 0.4) is 0 Å². The van der Waals surface area contributed by atoms with Crippen LogP contribution in [0.15, 0.2) is 51.7 Å². The van der Waals surface area contributed by atoms with Gasteiger partial charge in [0.25, 0.3) is 0 Å². The molecular weight excluding hydrogens is 531 g/mol. The van der Waals surface area contributed by atoms with E-state index in [2.05, 4.69) is 40.1 Å². The van der Waals surface area contributed by atoms with Gasteiger partial charge in [0.2, 0.25) is 10.0 Å². The molecular formula is C21H33IN4O2S2. The van der Waals surface area contributed by atoms with E-state index in [-0.39, 0.29) is 30.0 Å². The Morgan fingerprint density at radius 3 is 2.33 bits per heavy atom. The second-order valence-electron chi connectivity index (χ2n) is 7.45. The monoisotopic (exact) mass is 564 g/mol. The van der Waals surface area contributed by atoms with Gasteiger partial charge in [-0.2, -0.15) is 4.31 Å². The van der Waals surface area contributed by atoms with Crippen LogP contribution in [0.2, 0.25) is 0 Å². The highest BCUT2D eigenvalue weighted by Gasteiger charge is 2.22. The van der Waals surface area contributed by atoms with E-state index in [4.69, 9.17) is 0 Å². The predicted molar refractivity (Wildman–Crippen MR) is 137 cm³/mol. The number of hydrogen-bond acceptors (Lipinski definition) is 4. The van der Waals surface area contributed by atoms with Gasteiger partial charge in [0.05, 0.1) is 4.90 Å². The molecule has 0 aliphatic heterocycles. The van der Waals surface area contributed by atoms with Crippen LogP contribution in [0.1, 0.15) is 31.2 Å². The van der Waals surface area contributed by atoms with Crippen LogP contribution in [0.25, 0.3) is 0 Å². The number of hydrogen-bond donors (Lipinski definition) is 2. The van der Waals surface area contributed by atoms with E-state index >= 15 is 0 Å². The minimum absolute atomic E-state index is 0. The van der Waals surface area contributed by atoms with Crippen molar-refractivity contribution < 1.29 is 8.42 Å². The van der Waals surface area contributed by atoms with Gasteiger partial charge in [-0.1, -0.05) is 25.1 Å². The van der Waals surface area contributed by atoms with Crippen LogP contribution in [-0.4, -0.2) is 45.4 Å². The maximum atomic E-state index is 12.5. The van der Waals surface area contributed by atoms with Gasteiger partial charge in [-0.05, 0) is 55.3 Å². The molecule has 1 heterocycles. The third kappa shape index (κ3) is 7.82. The molecule has 1 aromatic heterocycles. The van der Waals surface area contributed by atoms with Gasteiger partial charge in [-0.15, -0.1) is 35.3 Å². The van der Waals surface area contributed by atoms with Gasteiger partial charge in [0.15, 0.2) is 5.96 Å². The summed E-state index contributed by atoms with van der Waals surface area (Å²) in [6.45, 7) is 7.33. The highest BCUT2D eigenvalue weighted by atomic mass is 127. The minimum atomic E-state index is -3.45. The number of halogens is 1. The molecule has 0 radical (unpaired) electrons. The molecule has 9 heteroatoms. The molecule has 30 heavy (non-hydrogen) atoms. The number of rotatable bonds is 9. The molecule has 0 saturated heterocycles. The first-order valence-electron chi connectivity index (χ1n) is 9.78. The smallest absolute Gasteiger partial charge is 0.243 e. The third-order valence-electron chi connectivity index (χ3n) is 4.76. The fourth-order valence-electron chi connectivity index (χ4n) is 2.74. The summed E-state index contributed by atoms with van der Waals surface area (Å²) in [5.41, 5.74) is 0.991. The number of nitrogens with zero attached hydrogens (tertiary/aromatic N) is 2. The molecule has 2 rings (SSSR count). The van der Waals surface area contributed by atoms with Gasteiger partial charge in [-0.3, -0.25) is 4.99 Å². The van der Waals surface area contributed by atoms with Crippen molar-refractivity contribution in [2.24, 2.45) is 10.9 Å². The van der Waals surface area contributed by atoms with E-state index in [9.17, 15) is 8.42 Å². The molecule has 0 aliphatic carbocycles. The van der Waals surface area contributed by atoms with E-state index in [1.807, 2.05) is 26.0 Å². The Bertz CT molecular complexity index is 882. The lowest BCUT2D eigenvalue weighted by Crippen LogP contribution is -2.39.